The van der Waals surface area contributed by atoms with Gasteiger partial charge in [-0.3, -0.25) is 9.59 Å². The third kappa shape index (κ3) is 7.70. The average Bonchev–Trinajstić information content (AvgIpc) is 3.10. The Hall–Kier alpha value is -5.23. The highest BCUT2D eigenvalue weighted by atomic mass is 19.1. The van der Waals surface area contributed by atoms with Gasteiger partial charge in [-0.15, -0.1) is 0 Å². The predicted octanol–water partition coefficient (Wildman–Crippen LogP) is 7.99. The number of hydrogen-bond donors (Lipinski definition) is 2. The Labute approximate surface area is 270 Å². The van der Waals surface area contributed by atoms with E-state index in [9.17, 15) is 14.0 Å². The normalized spacial score (nSPS) is 13.4. The number of piperidine rings is 1. The van der Waals surface area contributed by atoms with Crippen molar-refractivity contribution < 1.29 is 14.0 Å². The molecule has 46 heavy (non-hydrogen) atoms. The highest BCUT2D eigenvalue weighted by molar-refractivity contribution is 6.03. The highest BCUT2D eigenvalue weighted by Gasteiger charge is 2.26. The molecule has 5 aromatic carbocycles. The maximum Gasteiger partial charge on any atom is 0.253 e. The van der Waals surface area contributed by atoms with E-state index in [2.05, 4.69) is 39.8 Å². The number of amides is 2. The first-order chi connectivity index (χ1) is 22.5. The van der Waals surface area contributed by atoms with Gasteiger partial charge in [-0.1, -0.05) is 103 Å². The summed E-state index contributed by atoms with van der Waals surface area (Å²) in [5.74, 6) is -0.669. The molecule has 5 aromatic rings. The number of nitrogens with zero attached hydrogens (tertiary/aromatic N) is 1. The predicted molar refractivity (Wildman–Crippen MR) is 182 cm³/mol. The Morgan fingerprint density at radius 3 is 1.91 bits per heavy atom. The van der Waals surface area contributed by atoms with Crippen LogP contribution in [0, 0.1) is 11.7 Å². The van der Waals surface area contributed by atoms with Crippen LogP contribution in [0.5, 0.6) is 0 Å². The van der Waals surface area contributed by atoms with Crippen molar-refractivity contribution >= 4 is 23.2 Å². The van der Waals surface area contributed by atoms with Crippen LogP contribution >= 0.6 is 0 Å². The van der Waals surface area contributed by atoms with Gasteiger partial charge in [0.2, 0.25) is 5.91 Å². The summed E-state index contributed by atoms with van der Waals surface area (Å²) in [6.07, 6.45) is 3.11. The van der Waals surface area contributed by atoms with Gasteiger partial charge in [-0.05, 0) is 77.8 Å². The number of hydrogen-bond acceptors (Lipinski definition) is 3. The van der Waals surface area contributed by atoms with Crippen molar-refractivity contribution in [2.24, 2.45) is 5.92 Å². The summed E-state index contributed by atoms with van der Waals surface area (Å²) < 4.78 is 13.5. The molecule has 1 fully saturated rings. The van der Waals surface area contributed by atoms with Gasteiger partial charge in [0.05, 0.1) is 11.5 Å². The Morgan fingerprint density at radius 2 is 1.30 bits per heavy atom. The number of anilines is 2. The molecule has 1 saturated heterocycles. The smallest absolute Gasteiger partial charge is 0.253 e. The van der Waals surface area contributed by atoms with Gasteiger partial charge in [-0.25, -0.2) is 4.39 Å². The van der Waals surface area contributed by atoms with Crippen molar-refractivity contribution in [2.45, 2.75) is 31.7 Å². The third-order valence-corrected chi connectivity index (χ3v) is 8.73. The van der Waals surface area contributed by atoms with Crippen LogP contribution in [-0.2, 0) is 17.8 Å². The minimum absolute atomic E-state index is 0.176. The molecule has 1 aliphatic rings. The fourth-order valence-corrected chi connectivity index (χ4v) is 6.28. The average molecular weight is 612 g/mol. The molecule has 2 N–H and O–H groups in total. The SMILES string of the molecule is O=C(NCc1ccc(F)cc1)c1cc(NC(=O)C(c2ccccc2)c2ccccc2)ccc1N1CCC(Cc2ccccc2)CC1. The van der Waals surface area contributed by atoms with E-state index < -0.39 is 5.92 Å². The molecular formula is C40H38FN3O2. The second-order valence-electron chi connectivity index (χ2n) is 11.9. The van der Waals surface area contributed by atoms with Gasteiger partial charge in [-0.2, -0.15) is 0 Å². The summed E-state index contributed by atoms with van der Waals surface area (Å²) in [7, 11) is 0. The van der Waals surface area contributed by atoms with Crippen LogP contribution in [0.1, 0.15) is 51.4 Å². The van der Waals surface area contributed by atoms with E-state index in [1.54, 1.807) is 18.2 Å². The molecule has 0 spiro atoms. The number of halogens is 1. The van der Waals surface area contributed by atoms with Gasteiger partial charge in [0.25, 0.3) is 5.91 Å². The van der Waals surface area contributed by atoms with Crippen LogP contribution in [0.4, 0.5) is 15.8 Å². The number of carbonyl (C=O) groups is 2. The Morgan fingerprint density at radius 1 is 0.717 bits per heavy atom. The number of rotatable bonds is 10. The van der Waals surface area contributed by atoms with Gasteiger partial charge in [0.15, 0.2) is 0 Å². The maximum atomic E-state index is 13.9. The lowest BCUT2D eigenvalue weighted by atomic mass is 9.89. The lowest BCUT2D eigenvalue weighted by Gasteiger charge is -2.35. The monoisotopic (exact) mass is 611 g/mol. The number of nitrogens with one attached hydrogen (secondary N) is 2. The molecule has 232 valence electrons. The summed E-state index contributed by atoms with van der Waals surface area (Å²) in [5, 5.41) is 6.11. The molecule has 0 aliphatic carbocycles. The largest absolute Gasteiger partial charge is 0.371 e. The van der Waals surface area contributed by atoms with Crippen LogP contribution in [0.25, 0.3) is 0 Å². The molecule has 6 rings (SSSR count). The summed E-state index contributed by atoms with van der Waals surface area (Å²) in [6.45, 7) is 1.94. The fourth-order valence-electron chi connectivity index (χ4n) is 6.28. The zero-order valence-electron chi connectivity index (χ0n) is 25.7. The molecular weight excluding hydrogens is 573 g/mol. The second-order valence-corrected chi connectivity index (χ2v) is 11.9. The van der Waals surface area contributed by atoms with E-state index in [1.807, 2.05) is 78.9 Å². The van der Waals surface area contributed by atoms with E-state index >= 15 is 0 Å². The standard InChI is InChI=1S/C40H38FN3O2/c41-34-18-16-31(17-19-34)28-42-39(45)36-27-35(43-40(46)38(32-12-6-2-7-13-32)33-14-8-3-9-15-33)20-21-37(36)44-24-22-30(23-25-44)26-29-10-4-1-5-11-29/h1-21,27,30,38H,22-26,28H2,(H,42,45)(H,43,46). The zero-order chi connectivity index (χ0) is 31.7. The molecule has 0 unspecified atom stereocenters. The van der Waals surface area contributed by atoms with E-state index in [1.165, 1.54) is 17.7 Å². The number of carbonyl (C=O) groups excluding carboxylic acids is 2. The highest BCUT2D eigenvalue weighted by Crippen LogP contribution is 2.32. The summed E-state index contributed by atoms with van der Waals surface area (Å²) in [4.78, 5) is 29.9. The van der Waals surface area contributed by atoms with E-state index in [4.69, 9.17) is 0 Å². The van der Waals surface area contributed by atoms with Crippen molar-refractivity contribution in [3.05, 3.63) is 167 Å². The summed E-state index contributed by atoms with van der Waals surface area (Å²) >= 11 is 0. The van der Waals surface area contributed by atoms with Crippen LogP contribution in [-0.4, -0.2) is 24.9 Å². The van der Waals surface area contributed by atoms with Crippen molar-refractivity contribution in [2.75, 3.05) is 23.3 Å². The quantitative estimate of drug-likeness (QED) is 0.168. The third-order valence-electron chi connectivity index (χ3n) is 8.73. The van der Waals surface area contributed by atoms with Crippen LogP contribution < -0.4 is 15.5 Å². The maximum absolute atomic E-state index is 13.9. The molecule has 0 atom stereocenters. The van der Waals surface area contributed by atoms with Gasteiger partial charge in [0, 0.05) is 31.0 Å². The van der Waals surface area contributed by atoms with Crippen LogP contribution in [0.15, 0.2) is 133 Å². The van der Waals surface area contributed by atoms with Gasteiger partial charge in [0.1, 0.15) is 5.82 Å². The van der Waals surface area contributed by atoms with Gasteiger partial charge < -0.3 is 15.5 Å². The van der Waals surface area contributed by atoms with Crippen molar-refractivity contribution in [3.63, 3.8) is 0 Å². The molecule has 5 nitrogen and oxygen atoms in total. The first-order valence-electron chi connectivity index (χ1n) is 15.9. The lowest BCUT2D eigenvalue weighted by Crippen LogP contribution is -2.36. The van der Waals surface area contributed by atoms with E-state index in [-0.39, 0.29) is 24.2 Å². The molecule has 0 radical (unpaired) electrons. The Kier molecular flexibility index (Phi) is 9.84. The van der Waals surface area contributed by atoms with Crippen molar-refractivity contribution in [3.8, 4) is 0 Å². The molecule has 2 amide bonds. The Bertz CT molecular complexity index is 1700. The Balaban J connectivity index is 1.23. The first kappa shape index (κ1) is 30.8. The van der Waals surface area contributed by atoms with Crippen molar-refractivity contribution in [1.82, 2.24) is 5.32 Å². The molecule has 6 heteroatoms. The molecule has 0 aromatic heterocycles. The molecule has 1 aliphatic heterocycles. The van der Waals surface area contributed by atoms with E-state index in [0.717, 1.165) is 54.7 Å². The topological polar surface area (TPSA) is 61.4 Å². The number of benzene rings is 5. The van der Waals surface area contributed by atoms with Crippen LogP contribution in [0.3, 0.4) is 0 Å². The van der Waals surface area contributed by atoms with Crippen LogP contribution in [0.2, 0.25) is 0 Å². The van der Waals surface area contributed by atoms with E-state index in [0.29, 0.717) is 17.2 Å². The lowest BCUT2D eigenvalue weighted by molar-refractivity contribution is -0.116. The minimum atomic E-state index is -0.513. The first-order valence-corrected chi connectivity index (χ1v) is 15.9. The summed E-state index contributed by atoms with van der Waals surface area (Å²) in [5.41, 5.74) is 5.82. The van der Waals surface area contributed by atoms with Crippen molar-refractivity contribution in [1.29, 1.82) is 0 Å². The minimum Gasteiger partial charge on any atom is -0.371 e. The molecule has 0 bridgehead atoms. The second kappa shape index (κ2) is 14.7. The molecule has 0 saturated carbocycles. The summed E-state index contributed by atoms with van der Waals surface area (Å²) in [6, 6.07) is 41.7. The molecule has 1 heterocycles. The fraction of sp³-hybridized carbons (Fsp3) is 0.200. The van der Waals surface area contributed by atoms with Gasteiger partial charge >= 0.3 is 0 Å². The zero-order valence-corrected chi connectivity index (χ0v) is 25.7.